The first-order valence-electron chi connectivity index (χ1n) is 6.02. The van der Waals surface area contributed by atoms with Gasteiger partial charge in [-0.15, -0.1) is 0 Å². The smallest absolute Gasteiger partial charge is 0.0921 e. The van der Waals surface area contributed by atoms with Crippen molar-refractivity contribution in [3.05, 3.63) is 30.0 Å². The highest BCUT2D eigenvalue weighted by Crippen LogP contribution is 2.33. The predicted molar refractivity (Wildman–Crippen MR) is 66.7 cm³/mol. The average molecular weight is 231 g/mol. The summed E-state index contributed by atoms with van der Waals surface area (Å²) in [7, 11) is 2.10. The van der Waals surface area contributed by atoms with Crippen molar-refractivity contribution in [3.8, 4) is 0 Å². The second-order valence-electron chi connectivity index (χ2n) is 5.01. The molecule has 0 aliphatic carbocycles. The normalized spacial score (nSPS) is 20.8. The summed E-state index contributed by atoms with van der Waals surface area (Å²) in [5.74, 6) is 0. The molecule has 1 saturated heterocycles. The predicted octanol–water partition coefficient (Wildman–Crippen LogP) is 1.48. The molecule has 0 saturated carbocycles. The number of nitrogens with zero attached hydrogens (tertiary/aromatic N) is 2. The molecule has 3 rings (SSSR count). The van der Waals surface area contributed by atoms with Crippen molar-refractivity contribution in [2.75, 3.05) is 20.1 Å². The second kappa shape index (κ2) is 3.82. The zero-order valence-corrected chi connectivity index (χ0v) is 9.98. The molecule has 2 aromatic rings. The van der Waals surface area contributed by atoms with Gasteiger partial charge < -0.3 is 10.0 Å². The molecular formula is C13H17N3O. The molecule has 0 radical (unpaired) electrons. The van der Waals surface area contributed by atoms with Crippen LogP contribution in [0.1, 0.15) is 18.4 Å². The molecule has 1 aliphatic rings. The highest BCUT2D eigenvalue weighted by molar-refractivity contribution is 5.78. The SMILES string of the molecule is CN1CCC(O)(c2ccc3[nH]ncc3c2)CC1. The van der Waals surface area contributed by atoms with E-state index in [4.69, 9.17) is 0 Å². The van der Waals surface area contributed by atoms with Gasteiger partial charge in [-0.3, -0.25) is 5.10 Å². The number of benzene rings is 1. The summed E-state index contributed by atoms with van der Waals surface area (Å²) < 4.78 is 0. The lowest BCUT2D eigenvalue weighted by Crippen LogP contribution is -2.40. The molecule has 4 heteroatoms. The number of piperidine rings is 1. The highest BCUT2D eigenvalue weighted by Gasteiger charge is 2.32. The van der Waals surface area contributed by atoms with Gasteiger partial charge in [-0.1, -0.05) is 6.07 Å². The van der Waals surface area contributed by atoms with E-state index in [1.54, 1.807) is 6.20 Å². The van der Waals surface area contributed by atoms with Crippen molar-refractivity contribution < 1.29 is 5.11 Å². The minimum Gasteiger partial charge on any atom is -0.385 e. The van der Waals surface area contributed by atoms with Crippen molar-refractivity contribution in [3.63, 3.8) is 0 Å². The minimum atomic E-state index is -0.669. The van der Waals surface area contributed by atoms with Crippen molar-refractivity contribution in [2.45, 2.75) is 18.4 Å². The molecule has 0 atom stereocenters. The van der Waals surface area contributed by atoms with E-state index in [0.29, 0.717) is 0 Å². The van der Waals surface area contributed by atoms with Gasteiger partial charge in [0.15, 0.2) is 0 Å². The molecule has 0 bridgehead atoms. The van der Waals surface area contributed by atoms with E-state index in [9.17, 15) is 5.11 Å². The van der Waals surface area contributed by atoms with Crippen LogP contribution in [0.3, 0.4) is 0 Å². The number of hydrogen-bond donors (Lipinski definition) is 2. The molecular weight excluding hydrogens is 214 g/mol. The Morgan fingerprint density at radius 3 is 2.88 bits per heavy atom. The summed E-state index contributed by atoms with van der Waals surface area (Å²) in [6.07, 6.45) is 3.40. The number of aromatic nitrogens is 2. The zero-order valence-electron chi connectivity index (χ0n) is 9.98. The maximum atomic E-state index is 10.7. The van der Waals surface area contributed by atoms with Crippen LogP contribution < -0.4 is 0 Å². The lowest BCUT2D eigenvalue weighted by atomic mass is 9.84. The summed E-state index contributed by atoms with van der Waals surface area (Å²) in [4.78, 5) is 2.25. The number of rotatable bonds is 1. The molecule has 1 aromatic carbocycles. The Labute approximate surface area is 100 Å². The fourth-order valence-electron chi connectivity index (χ4n) is 2.51. The van der Waals surface area contributed by atoms with Crippen LogP contribution in [0, 0.1) is 0 Å². The largest absolute Gasteiger partial charge is 0.385 e. The van der Waals surface area contributed by atoms with Crippen molar-refractivity contribution in [1.82, 2.24) is 15.1 Å². The summed E-state index contributed by atoms with van der Waals surface area (Å²) in [5, 5.41) is 18.7. The molecule has 0 unspecified atom stereocenters. The summed E-state index contributed by atoms with van der Waals surface area (Å²) >= 11 is 0. The molecule has 0 amide bonds. The van der Waals surface area contributed by atoms with E-state index in [2.05, 4.69) is 22.1 Å². The number of aliphatic hydroxyl groups is 1. The Hall–Kier alpha value is -1.39. The Bertz CT molecular complexity index is 526. The lowest BCUT2D eigenvalue weighted by molar-refractivity contribution is -0.0202. The van der Waals surface area contributed by atoms with Crippen LogP contribution in [0.15, 0.2) is 24.4 Å². The van der Waals surface area contributed by atoms with Gasteiger partial charge in [0.2, 0.25) is 0 Å². The van der Waals surface area contributed by atoms with Crippen LogP contribution in [0.4, 0.5) is 0 Å². The van der Waals surface area contributed by atoms with Crippen molar-refractivity contribution in [2.24, 2.45) is 0 Å². The third kappa shape index (κ3) is 1.83. The fourth-order valence-corrected chi connectivity index (χ4v) is 2.51. The van der Waals surface area contributed by atoms with E-state index < -0.39 is 5.60 Å². The standard InChI is InChI=1S/C13H17N3O/c1-16-6-4-13(17,5-7-16)11-2-3-12-10(8-11)9-14-15-12/h2-3,8-9,17H,4-7H2,1H3,(H,14,15). The van der Waals surface area contributed by atoms with Crippen LogP contribution in [0.2, 0.25) is 0 Å². The molecule has 1 aliphatic heterocycles. The van der Waals surface area contributed by atoms with Gasteiger partial charge in [-0.05, 0) is 37.6 Å². The van der Waals surface area contributed by atoms with Gasteiger partial charge in [-0.2, -0.15) is 5.10 Å². The zero-order chi connectivity index (χ0) is 11.9. The van der Waals surface area contributed by atoms with Gasteiger partial charge in [0.05, 0.1) is 17.3 Å². The van der Waals surface area contributed by atoms with E-state index in [0.717, 1.165) is 42.4 Å². The molecule has 17 heavy (non-hydrogen) atoms. The van der Waals surface area contributed by atoms with Crippen LogP contribution in [-0.2, 0) is 5.60 Å². The Morgan fingerprint density at radius 1 is 1.35 bits per heavy atom. The van der Waals surface area contributed by atoms with E-state index in [1.807, 2.05) is 18.2 Å². The Kier molecular flexibility index (Phi) is 2.42. The van der Waals surface area contributed by atoms with E-state index in [-0.39, 0.29) is 0 Å². The van der Waals surface area contributed by atoms with Gasteiger partial charge in [0.25, 0.3) is 0 Å². The average Bonchev–Trinajstić information content (AvgIpc) is 2.80. The lowest BCUT2D eigenvalue weighted by Gasteiger charge is -2.36. The summed E-state index contributed by atoms with van der Waals surface area (Å²) in [6, 6.07) is 6.05. The topological polar surface area (TPSA) is 52.1 Å². The number of H-pyrrole nitrogens is 1. The highest BCUT2D eigenvalue weighted by atomic mass is 16.3. The molecule has 1 fully saturated rings. The van der Waals surface area contributed by atoms with Crippen LogP contribution in [0.25, 0.3) is 10.9 Å². The maximum absolute atomic E-state index is 10.7. The first-order valence-corrected chi connectivity index (χ1v) is 6.02. The van der Waals surface area contributed by atoms with Gasteiger partial charge >= 0.3 is 0 Å². The van der Waals surface area contributed by atoms with Crippen LogP contribution >= 0.6 is 0 Å². The van der Waals surface area contributed by atoms with Crippen molar-refractivity contribution in [1.29, 1.82) is 0 Å². The number of aromatic amines is 1. The first kappa shape index (κ1) is 10.7. The summed E-state index contributed by atoms with van der Waals surface area (Å²) in [5.41, 5.74) is 1.36. The quantitative estimate of drug-likeness (QED) is 0.781. The molecule has 4 nitrogen and oxygen atoms in total. The van der Waals surface area contributed by atoms with Gasteiger partial charge in [0, 0.05) is 18.5 Å². The Balaban J connectivity index is 1.96. The molecule has 0 spiro atoms. The molecule has 90 valence electrons. The maximum Gasteiger partial charge on any atom is 0.0921 e. The van der Waals surface area contributed by atoms with Gasteiger partial charge in [0.1, 0.15) is 0 Å². The number of nitrogens with one attached hydrogen (secondary N) is 1. The third-order valence-electron chi connectivity index (χ3n) is 3.79. The number of likely N-dealkylation sites (tertiary alicyclic amines) is 1. The Morgan fingerprint density at radius 2 is 2.12 bits per heavy atom. The van der Waals surface area contributed by atoms with E-state index >= 15 is 0 Å². The molecule has 2 N–H and O–H groups in total. The third-order valence-corrected chi connectivity index (χ3v) is 3.79. The van der Waals surface area contributed by atoms with Crippen LogP contribution in [-0.4, -0.2) is 40.3 Å². The fraction of sp³-hybridized carbons (Fsp3) is 0.462. The monoisotopic (exact) mass is 231 g/mol. The number of hydrogen-bond acceptors (Lipinski definition) is 3. The molecule has 1 aromatic heterocycles. The number of fused-ring (bicyclic) bond motifs is 1. The van der Waals surface area contributed by atoms with E-state index in [1.165, 1.54) is 0 Å². The minimum absolute atomic E-state index is 0.669. The van der Waals surface area contributed by atoms with Gasteiger partial charge in [-0.25, -0.2) is 0 Å². The van der Waals surface area contributed by atoms with Crippen LogP contribution in [0.5, 0.6) is 0 Å². The van der Waals surface area contributed by atoms with Crippen molar-refractivity contribution >= 4 is 10.9 Å². The molecule has 2 heterocycles. The second-order valence-corrected chi connectivity index (χ2v) is 5.01. The first-order chi connectivity index (χ1) is 8.17. The summed E-state index contributed by atoms with van der Waals surface area (Å²) in [6.45, 7) is 1.89.